The zero-order chi connectivity index (χ0) is 21.5. The predicted octanol–water partition coefficient (Wildman–Crippen LogP) is 1.88. The fourth-order valence-electron chi connectivity index (χ4n) is 2.21. The number of hydrogen-bond acceptors (Lipinski definition) is 11. The lowest BCUT2D eigenvalue weighted by Crippen LogP contribution is -2.31. The van der Waals surface area contributed by atoms with E-state index in [2.05, 4.69) is 36.7 Å². The van der Waals surface area contributed by atoms with Crippen molar-refractivity contribution in [1.82, 2.24) is 20.4 Å². The number of carbonyl (C=O) groups excluding carboxylic acids is 1. The number of nitrogens with zero attached hydrogens (tertiary/aromatic N) is 5. The number of hydrogen-bond donors (Lipinski definition) is 4. The second-order valence-corrected chi connectivity index (χ2v) is 5.52. The molecule has 2 heterocycles. The number of carbonyl (C=O) groups is 1. The molecule has 0 aliphatic carbocycles. The van der Waals surface area contributed by atoms with E-state index in [9.17, 15) is 25.0 Å². The molecular formula is C16H13N9O5. The Morgan fingerprint density at radius 1 is 0.833 bits per heavy atom. The van der Waals surface area contributed by atoms with Crippen LogP contribution in [0.4, 0.5) is 28.7 Å². The predicted molar refractivity (Wildman–Crippen MR) is 104 cm³/mol. The molecule has 0 bridgehead atoms. The van der Waals surface area contributed by atoms with Crippen molar-refractivity contribution < 1.29 is 14.6 Å². The van der Waals surface area contributed by atoms with Crippen LogP contribution in [0.3, 0.4) is 0 Å². The van der Waals surface area contributed by atoms with Crippen LogP contribution in [0, 0.1) is 20.2 Å². The molecule has 0 aliphatic rings. The van der Waals surface area contributed by atoms with Crippen molar-refractivity contribution >= 4 is 34.6 Å². The molecule has 1 aromatic carbocycles. The number of anilines is 3. The van der Waals surface area contributed by atoms with Gasteiger partial charge in [-0.2, -0.15) is 0 Å². The summed E-state index contributed by atoms with van der Waals surface area (Å²) in [5.41, 5.74) is 9.67. The highest BCUT2D eigenvalue weighted by Gasteiger charge is 2.23. The molecule has 0 unspecified atom stereocenters. The minimum Gasteiger partial charge on any atom is -0.299 e. The topological polar surface area (TPSA) is 190 Å². The van der Waals surface area contributed by atoms with Crippen molar-refractivity contribution in [3.8, 4) is 0 Å². The van der Waals surface area contributed by atoms with Crippen LogP contribution >= 0.6 is 0 Å². The zero-order valence-corrected chi connectivity index (χ0v) is 15.0. The van der Waals surface area contributed by atoms with Gasteiger partial charge in [-0.05, 0) is 24.3 Å². The number of aromatic nitrogens is 3. The average molecular weight is 411 g/mol. The third-order valence-electron chi connectivity index (χ3n) is 3.60. The molecule has 2 aromatic heterocycles. The summed E-state index contributed by atoms with van der Waals surface area (Å²) in [6.07, 6.45) is 2.47. The SMILES string of the molecule is O=C(NNc1ncnc(NNc2ccc([N+](=O)[O-])cc2)c1[N+](=O)[O-])c1ccccn1. The first-order valence-electron chi connectivity index (χ1n) is 8.19. The smallest absolute Gasteiger partial charge is 0.299 e. The molecule has 1 amide bonds. The Bertz CT molecular complexity index is 1080. The second-order valence-electron chi connectivity index (χ2n) is 5.52. The third-order valence-corrected chi connectivity index (χ3v) is 3.60. The Labute approximate surface area is 167 Å². The van der Waals surface area contributed by atoms with Gasteiger partial charge in [0.15, 0.2) is 0 Å². The molecule has 3 aromatic rings. The normalized spacial score (nSPS) is 10.0. The van der Waals surface area contributed by atoms with E-state index < -0.39 is 21.4 Å². The number of non-ortho nitro benzene ring substituents is 1. The van der Waals surface area contributed by atoms with Gasteiger partial charge in [-0.15, -0.1) is 0 Å². The average Bonchev–Trinajstić information content (AvgIpc) is 2.76. The van der Waals surface area contributed by atoms with Gasteiger partial charge in [0.25, 0.3) is 11.6 Å². The molecule has 3 rings (SSSR count). The van der Waals surface area contributed by atoms with Gasteiger partial charge in [0.05, 0.1) is 15.5 Å². The van der Waals surface area contributed by atoms with Gasteiger partial charge in [-0.1, -0.05) is 6.07 Å². The van der Waals surface area contributed by atoms with Crippen LogP contribution in [-0.2, 0) is 0 Å². The first kappa shape index (κ1) is 19.9. The first-order chi connectivity index (χ1) is 14.5. The minimum absolute atomic E-state index is 0.0971. The number of nitrogens with one attached hydrogen (secondary N) is 4. The summed E-state index contributed by atoms with van der Waals surface area (Å²) in [6.45, 7) is 0. The maximum absolute atomic E-state index is 12.0. The molecule has 0 spiro atoms. The van der Waals surface area contributed by atoms with Gasteiger partial charge in [-0.25, -0.2) is 9.97 Å². The van der Waals surface area contributed by atoms with Crippen molar-refractivity contribution in [3.05, 3.63) is 80.9 Å². The first-order valence-corrected chi connectivity index (χ1v) is 8.19. The largest absolute Gasteiger partial charge is 0.356 e. The van der Waals surface area contributed by atoms with Crippen LogP contribution in [0.15, 0.2) is 55.0 Å². The van der Waals surface area contributed by atoms with Gasteiger partial charge < -0.3 is 0 Å². The fraction of sp³-hybridized carbons (Fsp3) is 0. The number of pyridine rings is 1. The van der Waals surface area contributed by atoms with Crippen molar-refractivity contribution in [2.75, 3.05) is 16.3 Å². The van der Waals surface area contributed by atoms with Crippen molar-refractivity contribution in [1.29, 1.82) is 0 Å². The van der Waals surface area contributed by atoms with Gasteiger partial charge >= 0.3 is 5.69 Å². The number of nitro benzene ring substituents is 1. The quantitative estimate of drug-likeness (QED) is 0.312. The molecule has 0 fully saturated rings. The summed E-state index contributed by atoms with van der Waals surface area (Å²) >= 11 is 0. The van der Waals surface area contributed by atoms with Gasteiger partial charge in [0.2, 0.25) is 11.6 Å². The maximum Gasteiger partial charge on any atom is 0.356 e. The number of rotatable bonds is 8. The van der Waals surface area contributed by atoms with E-state index in [-0.39, 0.29) is 23.0 Å². The van der Waals surface area contributed by atoms with Crippen LogP contribution in [0.2, 0.25) is 0 Å². The van der Waals surface area contributed by atoms with Gasteiger partial charge in [0, 0.05) is 18.3 Å². The summed E-state index contributed by atoms with van der Waals surface area (Å²) in [5, 5.41) is 22.2. The Morgan fingerprint density at radius 2 is 1.53 bits per heavy atom. The summed E-state index contributed by atoms with van der Waals surface area (Å²) < 4.78 is 0. The van der Waals surface area contributed by atoms with Gasteiger partial charge in [-0.3, -0.25) is 51.7 Å². The highest BCUT2D eigenvalue weighted by Crippen LogP contribution is 2.28. The molecule has 4 N–H and O–H groups in total. The maximum atomic E-state index is 12.0. The zero-order valence-electron chi connectivity index (χ0n) is 15.0. The van der Waals surface area contributed by atoms with Crippen LogP contribution < -0.4 is 21.7 Å². The molecule has 0 saturated carbocycles. The second kappa shape index (κ2) is 8.87. The van der Waals surface area contributed by atoms with E-state index in [1.807, 2.05) is 0 Å². The molecule has 0 aliphatic heterocycles. The molecule has 0 radical (unpaired) electrons. The molecule has 14 nitrogen and oxygen atoms in total. The highest BCUT2D eigenvalue weighted by molar-refractivity contribution is 5.93. The summed E-state index contributed by atoms with van der Waals surface area (Å²) in [7, 11) is 0. The standard InChI is InChI=1S/C16H13N9O5/c26-16(12-3-1-2-8-17-12)23-22-15-13(25(29)30)14(18-9-19-15)21-20-10-4-6-11(7-5-10)24(27)28/h1-9,20H,(H,23,26)(H2,18,19,21,22). The Hall–Kier alpha value is -4.88. The van der Waals surface area contributed by atoms with Gasteiger partial charge in [0.1, 0.15) is 12.0 Å². The highest BCUT2D eigenvalue weighted by atomic mass is 16.6. The van der Waals surface area contributed by atoms with Crippen molar-refractivity contribution in [3.63, 3.8) is 0 Å². The number of amides is 1. The molecule has 30 heavy (non-hydrogen) atoms. The van der Waals surface area contributed by atoms with Crippen molar-refractivity contribution in [2.45, 2.75) is 0 Å². The summed E-state index contributed by atoms with van der Waals surface area (Å²) in [4.78, 5) is 44.4. The Kier molecular flexibility index (Phi) is 5.88. The number of benzene rings is 1. The lowest BCUT2D eigenvalue weighted by Gasteiger charge is -2.12. The van der Waals surface area contributed by atoms with Crippen LogP contribution in [0.5, 0.6) is 0 Å². The Balaban J connectivity index is 1.73. The number of nitro groups is 2. The van der Waals surface area contributed by atoms with Crippen LogP contribution in [0.1, 0.15) is 10.5 Å². The summed E-state index contributed by atoms with van der Waals surface area (Å²) in [5.74, 6) is -1.10. The monoisotopic (exact) mass is 411 g/mol. The molecular weight excluding hydrogens is 398 g/mol. The molecule has 0 atom stereocenters. The molecule has 152 valence electrons. The third kappa shape index (κ3) is 4.69. The van der Waals surface area contributed by atoms with Crippen LogP contribution in [0.25, 0.3) is 0 Å². The van der Waals surface area contributed by atoms with Crippen molar-refractivity contribution in [2.24, 2.45) is 0 Å². The van der Waals surface area contributed by atoms with E-state index in [1.54, 1.807) is 12.1 Å². The fourth-order valence-corrected chi connectivity index (χ4v) is 2.21. The number of hydrazine groups is 2. The Morgan fingerprint density at radius 3 is 2.13 bits per heavy atom. The molecule has 0 saturated heterocycles. The minimum atomic E-state index is -0.741. The molecule has 14 heteroatoms. The van der Waals surface area contributed by atoms with Crippen LogP contribution in [-0.4, -0.2) is 30.7 Å². The van der Waals surface area contributed by atoms with E-state index in [4.69, 9.17) is 0 Å². The van der Waals surface area contributed by atoms with E-state index in [0.29, 0.717) is 5.69 Å². The summed E-state index contributed by atoms with van der Waals surface area (Å²) in [6, 6.07) is 10.1. The van der Waals surface area contributed by atoms with E-state index in [0.717, 1.165) is 6.33 Å². The van der Waals surface area contributed by atoms with E-state index in [1.165, 1.54) is 36.5 Å². The lowest BCUT2D eigenvalue weighted by atomic mass is 10.3. The van der Waals surface area contributed by atoms with E-state index >= 15 is 0 Å². The lowest BCUT2D eigenvalue weighted by molar-refractivity contribution is -0.384.